The van der Waals surface area contributed by atoms with Crippen LogP contribution in [0.1, 0.15) is 24.4 Å². The fourth-order valence-corrected chi connectivity index (χ4v) is 2.40. The Morgan fingerprint density at radius 1 is 1.47 bits per heavy atom. The second-order valence-electron chi connectivity index (χ2n) is 4.36. The summed E-state index contributed by atoms with van der Waals surface area (Å²) in [4.78, 5) is 6.50. The summed E-state index contributed by atoms with van der Waals surface area (Å²) in [5, 5.41) is 0. The molecule has 0 aliphatic heterocycles. The quantitative estimate of drug-likeness (QED) is 0.700. The molecule has 1 aliphatic carbocycles. The lowest BCUT2D eigenvalue weighted by Gasteiger charge is -2.29. The molecule has 0 amide bonds. The van der Waals surface area contributed by atoms with Crippen LogP contribution in [0.2, 0.25) is 0 Å². The van der Waals surface area contributed by atoms with Gasteiger partial charge >= 0.3 is 0 Å². The van der Waals surface area contributed by atoms with Crippen molar-refractivity contribution in [2.24, 2.45) is 5.92 Å². The number of nitrogens with zero attached hydrogens (tertiary/aromatic N) is 2. The molecule has 80 valence electrons. The van der Waals surface area contributed by atoms with Crippen LogP contribution in [0.4, 0.5) is 0 Å². The van der Waals surface area contributed by atoms with Gasteiger partial charge in [0.25, 0.3) is 0 Å². The third-order valence-electron chi connectivity index (χ3n) is 3.04. The van der Waals surface area contributed by atoms with Crippen LogP contribution in [-0.4, -0.2) is 24.0 Å². The van der Waals surface area contributed by atoms with Crippen molar-refractivity contribution in [3.8, 4) is 0 Å². The first kappa shape index (κ1) is 10.4. The molecule has 0 radical (unpaired) electrons. The Balaban J connectivity index is 2.23. The number of hydrogen-bond donors (Lipinski definition) is 0. The Morgan fingerprint density at radius 3 is 2.87 bits per heavy atom. The minimum absolute atomic E-state index is 0.470. The van der Waals surface area contributed by atoms with Crippen molar-refractivity contribution in [1.82, 2.24) is 9.88 Å². The Bertz CT molecular complexity index is 330. The summed E-state index contributed by atoms with van der Waals surface area (Å²) in [6.45, 7) is 0. The van der Waals surface area contributed by atoms with Gasteiger partial charge in [-0.15, -0.1) is 0 Å². The molecule has 0 saturated carbocycles. The highest BCUT2D eigenvalue weighted by Gasteiger charge is 2.24. The molecule has 2 unspecified atom stereocenters. The van der Waals surface area contributed by atoms with Gasteiger partial charge in [0.15, 0.2) is 0 Å². The van der Waals surface area contributed by atoms with Gasteiger partial charge in [-0.3, -0.25) is 4.98 Å². The van der Waals surface area contributed by atoms with Crippen LogP contribution in [0.25, 0.3) is 0 Å². The molecule has 0 bridgehead atoms. The van der Waals surface area contributed by atoms with E-state index in [2.05, 4.69) is 42.2 Å². The van der Waals surface area contributed by atoms with Gasteiger partial charge in [0.2, 0.25) is 0 Å². The van der Waals surface area contributed by atoms with Crippen molar-refractivity contribution >= 4 is 0 Å². The van der Waals surface area contributed by atoms with Crippen LogP contribution in [0, 0.1) is 5.92 Å². The van der Waals surface area contributed by atoms with E-state index in [0.717, 1.165) is 0 Å². The molecule has 2 nitrogen and oxygen atoms in total. The van der Waals surface area contributed by atoms with E-state index in [4.69, 9.17) is 0 Å². The Hall–Kier alpha value is -1.15. The molecule has 0 N–H and O–H groups in total. The Labute approximate surface area is 91.6 Å². The molecule has 2 atom stereocenters. The molecule has 15 heavy (non-hydrogen) atoms. The first-order valence-corrected chi connectivity index (χ1v) is 5.52. The summed E-state index contributed by atoms with van der Waals surface area (Å²) in [5.41, 5.74) is 1.32. The predicted molar refractivity (Wildman–Crippen MR) is 62.5 cm³/mol. The first-order valence-electron chi connectivity index (χ1n) is 5.52. The summed E-state index contributed by atoms with van der Waals surface area (Å²) < 4.78 is 0. The van der Waals surface area contributed by atoms with Crippen molar-refractivity contribution < 1.29 is 0 Å². The zero-order valence-corrected chi connectivity index (χ0v) is 9.43. The SMILES string of the molecule is CN(C)C(c1cccnc1)C1C=CCC1. The summed E-state index contributed by atoms with van der Waals surface area (Å²) >= 11 is 0. The zero-order chi connectivity index (χ0) is 10.7. The van der Waals surface area contributed by atoms with E-state index in [9.17, 15) is 0 Å². The molecule has 0 saturated heterocycles. The van der Waals surface area contributed by atoms with Crippen LogP contribution in [0.15, 0.2) is 36.7 Å². The van der Waals surface area contributed by atoms with Gasteiger partial charge in [0, 0.05) is 18.4 Å². The summed E-state index contributed by atoms with van der Waals surface area (Å²) in [6.07, 6.45) is 10.9. The van der Waals surface area contributed by atoms with Gasteiger partial charge in [-0.1, -0.05) is 18.2 Å². The van der Waals surface area contributed by atoms with Crippen LogP contribution in [-0.2, 0) is 0 Å². The van der Waals surface area contributed by atoms with Crippen molar-refractivity contribution in [3.63, 3.8) is 0 Å². The number of aromatic nitrogens is 1. The van der Waals surface area contributed by atoms with Crippen molar-refractivity contribution in [2.45, 2.75) is 18.9 Å². The lowest BCUT2D eigenvalue weighted by molar-refractivity contribution is 0.239. The summed E-state index contributed by atoms with van der Waals surface area (Å²) in [6, 6.07) is 4.66. The average molecular weight is 202 g/mol. The smallest absolute Gasteiger partial charge is 0.0419 e. The monoisotopic (exact) mass is 202 g/mol. The predicted octanol–water partition coefficient (Wildman–Crippen LogP) is 2.65. The fourth-order valence-electron chi connectivity index (χ4n) is 2.40. The van der Waals surface area contributed by atoms with Gasteiger partial charge in [-0.2, -0.15) is 0 Å². The van der Waals surface area contributed by atoms with Crippen LogP contribution < -0.4 is 0 Å². The topological polar surface area (TPSA) is 16.1 Å². The molecule has 1 aromatic rings. The lowest BCUT2D eigenvalue weighted by atomic mass is 9.93. The van der Waals surface area contributed by atoms with E-state index < -0.39 is 0 Å². The first-order chi connectivity index (χ1) is 7.29. The van der Waals surface area contributed by atoms with Gasteiger partial charge in [-0.05, 0) is 44.5 Å². The van der Waals surface area contributed by atoms with Crippen molar-refractivity contribution in [2.75, 3.05) is 14.1 Å². The number of allylic oxidation sites excluding steroid dienone is 1. The largest absolute Gasteiger partial charge is 0.302 e. The highest BCUT2D eigenvalue weighted by molar-refractivity contribution is 5.18. The summed E-state index contributed by atoms with van der Waals surface area (Å²) in [7, 11) is 4.29. The average Bonchev–Trinajstić information content (AvgIpc) is 2.72. The van der Waals surface area contributed by atoms with E-state index >= 15 is 0 Å². The number of hydrogen-bond acceptors (Lipinski definition) is 2. The second-order valence-corrected chi connectivity index (χ2v) is 4.36. The molecule has 0 spiro atoms. The molecule has 1 aromatic heterocycles. The van der Waals surface area contributed by atoms with Gasteiger partial charge < -0.3 is 4.90 Å². The van der Waals surface area contributed by atoms with E-state index in [1.807, 2.05) is 18.5 Å². The molecular weight excluding hydrogens is 184 g/mol. The fraction of sp³-hybridized carbons (Fsp3) is 0.462. The minimum Gasteiger partial charge on any atom is -0.302 e. The molecular formula is C13H18N2. The minimum atomic E-state index is 0.470. The van der Waals surface area contributed by atoms with Gasteiger partial charge in [-0.25, -0.2) is 0 Å². The molecule has 1 aliphatic rings. The van der Waals surface area contributed by atoms with Crippen LogP contribution in [0.3, 0.4) is 0 Å². The summed E-state index contributed by atoms with van der Waals surface area (Å²) in [5.74, 6) is 0.643. The maximum atomic E-state index is 4.21. The lowest BCUT2D eigenvalue weighted by Crippen LogP contribution is -2.25. The number of rotatable bonds is 3. The van der Waals surface area contributed by atoms with E-state index in [1.165, 1.54) is 18.4 Å². The maximum absolute atomic E-state index is 4.21. The van der Waals surface area contributed by atoms with Crippen molar-refractivity contribution in [3.05, 3.63) is 42.2 Å². The molecule has 0 fully saturated rings. The highest BCUT2D eigenvalue weighted by Crippen LogP contribution is 2.33. The Kier molecular flexibility index (Phi) is 3.17. The normalized spacial score (nSPS) is 22.2. The third kappa shape index (κ3) is 2.26. The standard InChI is InChI=1S/C13H18N2/c1-15(2)13(11-6-3-4-7-11)12-8-5-9-14-10-12/h3,5-6,8-11,13H,4,7H2,1-2H3. The molecule has 0 aromatic carbocycles. The highest BCUT2D eigenvalue weighted by atomic mass is 15.1. The molecule has 2 heteroatoms. The van der Waals surface area contributed by atoms with E-state index in [1.54, 1.807) is 0 Å². The van der Waals surface area contributed by atoms with E-state index in [0.29, 0.717) is 12.0 Å². The van der Waals surface area contributed by atoms with Gasteiger partial charge in [0.1, 0.15) is 0 Å². The van der Waals surface area contributed by atoms with Gasteiger partial charge in [0.05, 0.1) is 0 Å². The van der Waals surface area contributed by atoms with Crippen LogP contribution >= 0.6 is 0 Å². The zero-order valence-electron chi connectivity index (χ0n) is 9.43. The second kappa shape index (κ2) is 4.58. The van der Waals surface area contributed by atoms with Crippen molar-refractivity contribution in [1.29, 1.82) is 0 Å². The third-order valence-corrected chi connectivity index (χ3v) is 3.04. The van der Waals surface area contributed by atoms with Crippen LogP contribution in [0.5, 0.6) is 0 Å². The van der Waals surface area contributed by atoms with E-state index in [-0.39, 0.29) is 0 Å². The Morgan fingerprint density at radius 2 is 2.33 bits per heavy atom. The maximum Gasteiger partial charge on any atom is 0.0419 e. The molecule has 2 rings (SSSR count). The molecule has 1 heterocycles. The number of pyridine rings is 1.